The van der Waals surface area contributed by atoms with Gasteiger partial charge in [-0.05, 0) is 155 Å². The van der Waals surface area contributed by atoms with Crippen molar-refractivity contribution < 1.29 is 0 Å². The highest BCUT2D eigenvalue weighted by atomic mass is 15.5. The fourth-order valence-corrected chi connectivity index (χ4v) is 11.9. The summed E-state index contributed by atoms with van der Waals surface area (Å²) in [5.74, 6) is 2.73. The Morgan fingerprint density at radius 2 is 1.27 bits per heavy atom. The van der Waals surface area contributed by atoms with Crippen LogP contribution in [0.15, 0.2) is 84.9 Å². The number of fused-ring (bicyclic) bond motifs is 4. The molecule has 4 aliphatic carbocycles. The maximum Gasteiger partial charge on any atom is 0.252 e. The Hall–Kier alpha value is -3.66. The van der Waals surface area contributed by atoms with Gasteiger partial charge in [0.1, 0.15) is 5.66 Å². The highest BCUT2D eigenvalue weighted by molar-refractivity contribution is 7.00. The van der Waals surface area contributed by atoms with E-state index >= 15 is 0 Å². The summed E-state index contributed by atoms with van der Waals surface area (Å²) in [4.78, 5) is 8.06. The summed E-state index contributed by atoms with van der Waals surface area (Å²) in [6, 6.07) is 32.9. The van der Waals surface area contributed by atoms with E-state index in [9.17, 15) is 0 Å². The molecule has 4 aromatic carbocycles. The summed E-state index contributed by atoms with van der Waals surface area (Å²) in [6.07, 6.45) is 8.54. The van der Waals surface area contributed by atoms with Gasteiger partial charge in [0, 0.05) is 28.3 Å². The van der Waals surface area contributed by atoms with E-state index in [4.69, 9.17) is 0 Å². The van der Waals surface area contributed by atoms with Crippen LogP contribution in [0.2, 0.25) is 0 Å². The Balaban J connectivity index is 1.31. The smallest absolute Gasteiger partial charge is 0.252 e. The van der Waals surface area contributed by atoms with Gasteiger partial charge in [-0.1, -0.05) is 48.5 Å². The van der Waals surface area contributed by atoms with E-state index in [0.717, 1.165) is 17.8 Å². The van der Waals surface area contributed by atoms with Crippen LogP contribution in [0.1, 0.15) is 78.7 Å². The molecule has 4 aromatic rings. The molecular weight excluding hydrogens is 545 g/mol. The molecule has 45 heavy (non-hydrogen) atoms. The number of para-hydroxylation sites is 3. The van der Waals surface area contributed by atoms with Crippen LogP contribution >= 0.6 is 0 Å². The highest BCUT2D eigenvalue weighted by Crippen LogP contribution is 2.62. The molecule has 0 amide bonds. The van der Waals surface area contributed by atoms with Gasteiger partial charge in [0.25, 0.3) is 6.71 Å². The minimum atomic E-state index is -0.218. The zero-order valence-corrected chi connectivity index (χ0v) is 27.5. The Kier molecular flexibility index (Phi) is 5.06. The standard InChI is InChI=1S/C41H44BN3/c1-39(2,3)45-34-17-11-15-32-38(34)44(40(45,4)5)36-22-29(41-23-26-18-27(24-41)20-28(19-26)25-41)21-35-37(36)42(32)31-14-9-10-16-33(31)43(35)30-12-7-6-8-13-30/h6-17,21-22,26-28H,18-20,23-25H2,1-5H3. The summed E-state index contributed by atoms with van der Waals surface area (Å²) < 4.78 is 0. The lowest BCUT2D eigenvalue weighted by molar-refractivity contribution is -0.00515. The van der Waals surface area contributed by atoms with E-state index in [1.807, 2.05) is 0 Å². The van der Waals surface area contributed by atoms with Gasteiger partial charge >= 0.3 is 0 Å². The first-order valence-electron chi connectivity index (χ1n) is 17.5. The lowest BCUT2D eigenvalue weighted by Gasteiger charge is -2.57. The van der Waals surface area contributed by atoms with E-state index in [0.29, 0.717) is 5.41 Å². The Morgan fingerprint density at radius 3 is 1.96 bits per heavy atom. The summed E-state index contributed by atoms with van der Waals surface area (Å²) in [5, 5.41) is 0. The molecule has 4 saturated carbocycles. The van der Waals surface area contributed by atoms with E-state index in [-0.39, 0.29) is 17.9 Å². The molecule has 226 valence electrons. The average Bonchev–Trinajstić information content (AvgIpc) is 3.26. The van der Waals surface area contributed by atoms with Crippen molar-refractivity contribution in [2.45, 2.75) is 89.8 Å². The van der Waals surface area contributed by atoms with Gasteiger partial charge in [0.05, 0.1) is 11.4 Å². The maximum absolute atomic E-state index is 2.76. The SMILES string of the molecule is CC(C)(C)N1c2cccc3c2N(c2cc(C45CC6CC(CC(C6)C4)C5)cc4c2B3c2ccccc2N4c2ccccc2)C1(C)C. The fraction of sp³-hybridized carbons (Fsp3) is 0.415. The minimum Gasteiger partial charge on any atom is -0.342 e. The predicted molar refractivity (Wildman–Crippen MR) is 191 cm³/mol. The lowest BCUT2D eigenvalue weighted by atomic mass is 9.33. The second-order valence-corrected chi connectivity index (χ2v) is 16.8. The highest BCUT2D eigenvalue weighted by Gasteiger charge is 2.56. The number of benzene rings is 4. The van der Waals surface area contributed by atoms with Crippen LogP contribution in [0.25, 0.3) is 0 Å². The summed E-state index contributed by atoms with van der Waals surface area (Å²) >= 11 is 0. The molecular formula is C41H44BN3. The van der Waals surface area contributed by atoms with Gasteiger partial charge in [-0.2, -0.15) is 0 Å². The van der Waals surface area contributed by atoms with Gasteiger partial charge in [0.2, 0.25) is 0 Å². The molecule has 3 aliphatic heterocycles. The zero-order chi connectivity index (χ0) is 30.5. The van der Waals surface area contributed by atoms with Gasteiger partial charge < -0.3 is 14.7 Å². The third-order valence-electron chi connectivity index (χ3n) is 12.6. The lowest BCUT2D eigenvalue weighted by Crippen LogP contribution is -2.65. The Bertz CT molecular complexity index is 1850. The first kappa shape index (κ1) is 26.6. The molecule has 0 radical (unpaired) electrons. The Labute approximate surface area is 269 Å². The van der Waals surface area contributed by atoms with Crippen LogP contribution in [-0.2, 0) is 5.41 Å². The van der Waals surface area contributed by atoms with Crippen LogP contribution < -0.4 is 31.1 Å². The van der Waals surface area contributed by atoms with Crippen LogP contribution in [-0.4, -0.2) is 17.9 Å². The number of hydrogen-bond acceptors (Lipinski definition) is 3. The van der Waals surface area contributed by atoms with Crippen molar-refractivity contribution in [1.29, 1.82) is 0 Å². The second kappa shape index (κ2) is 8.57. The molecule has 0 N–H and O–H groups in total. The first-order chi connectivity index (χ1) is 21.6. The largest absolute Gasteiger partial charge is 0.342 e. The van der Waals surface area contributed by atoms with Crippen molar-refractivity contribution in [2.75, 3.05) is 14.7 Å². The topological polar surface area (TPSA) is 9.72 Å². The molecule has 4 fully saturated rings. The monoisotopic (exact) mass is 589 g/mol. The average molecular weight is 590 g/mol. The van der Waals surface area contributed by atoms with Gasteiger partial charge in [-0.15, -0.1) is 0 Å². The van der Waals surface area contributed by atoms with E-state index in [1.165, 1.54) is 89.0 Å². The van der Waals surface area contributed by atoms with E-state index < -0.39 is 0 Å². The van der Waals surface area contributed by atoms with Crippen molar-refractivity contribution in [1.82, 2.24) is 0 Å². The summed E-state index contributed by atoms with van der Waals surface area (Å²) in [6.45, 7) is 12.3. The quantitative estimate of drug-likeness (QED) is 0.192. The number of hydrogen-bond donors (Lipinski definition) is 0. The second-order valence-electron chi connectivity index (χ2n) is 16.8. The maximum atomic E-state index is 2.76. The van der Waals surface area contributed by atoms with E-state index in [1.54, 1.807) is 5.56 Å². The molecule has 4 bridgehead atoms. The normalized spacial score (nSPS) is 27.9. The molecule has 0 aromatic heterocycles. The van der Waals surface area contributed by atoms with Crippen molar-refractivity contribution in [2.24, 2.45) is 17.8 Å². The van der Waals surface area contributed by atoms with Crippen molar-refractivity contribution in [3.8, 4) is 0 Å². The first-order valence-corrected chi connectivity index (χ1v) is 17.5. The molecule has 0 spiro atoms. The summed E-state index contributed by atoms with van der Waals surface area (Å²) in [7, 11) is 0. The van der Waals surface area contributed by atoms with Gasteiger partial charge in [-0.25, -0.2) is 0 Å². The van der Waals surface area contributed by atoms with Crippen molar-refractivity contribution in [3.63, 3.8) is 0 Å². The number of rotatable bonds is 2. The molecule has 3 nitrogen and oxygen atoms in total. The molecule has 0 atom stereocenters. The minimum absolute atomic E-state index is 0.0276. The van der Waals surface area contributed by atoms with Crippen LogP contribution in [0.3, 0.4) is 0 Å². The number of anilines is 6. The third kappa shape index (κ3) is 3.39. The summed E-state index contributed by atoms with van der Waals surface area (Å²) in [5.41, 5.74) is 14.2. The van der Waals surface area contributed by atoms with Gasteiger partial charge in [0.15, 0.2) is 0 Å². The van der Waals surface area contributed by atoms with Crippen LogP contribution in [0.5, 0.6) is 0 Å². The van der Waals surface area contributed by atoms with Crippen LogP contribution in [0, 0.1) is 17.8 Å². The molecule has 7 aliphatic rings. The molecule has 3 heterocycles. The van der Waals surface area contributed by atoms with E-state index in [2.05, 4.69) is 134 Å². The van der Waals surface area contributed by atoms with Crippen LogP contribution in [0.4, 0.5) is 34.1 Å². The zero-order valence-electron chi connectivity index (χ0n) is 27.5. The van der Waals surface area contributed by atoms with Gasteiger partial charge in [-0.3, -0.25) is 0 Å². The third-order valence-corrected chi connectivity index (χ3v) is 12.6. The fourth-order valence-electron chi connectivity index (χ4n) is 11.9. The predicted octanol–water partition coefficient (Wildman–Crippen LogP) is 8.26. The number of nitrogens with zero attached hydrogens (tertiary/aromatic N) is 3. The molecule has 4 heteroatoms. The van der Waals surface area contributed by atoms with Crippen molar-refractivity contribution >= 4 is 57.2 Å². The molecule has 11 rings (SSSR count). The Morgan fingerprint density at radius 1 is 0.667 bits per heavy atom. The molecule has 0 saturated heterocycles. The molecule has 0 unspecified atom stereocenters. The van der Waals surface area contributed by atoms with Crippen molar-refractivity contribution in [3.05, 3.63) is 90.5 Å².